The van der Waals surface area contributed by atoms with E-state index in [2.05, 4.69) is 15.3 Å². The van der Waals surface area contributed by atoms with E-state index in [1.807, 2.05) is 41.8 Å². The molecule has 2 aromatic heterocycles. The molecule has 0 saturated heterocycles. The molecule has 3 nitrogen and oxygen atoms in total. The van der Waals surface area contributed by atoms with Crippen LogP contribution >= 0.6 is 22.9 Å². The van der Waals surface area contributed by atoms with Gasteiger partial charge in [0.1, 0.15) is 0 Å². The molecule has 1 N–H and O–H groups in total. The number of thiazole rings is 1. The van der Waals surface area contributed by atoms with Crippen molar-refractivity contribution >= 4 is 28.1 Å². The van der Waals surface area contributed by atoms with Crippen molar-refractivity contribution in [1.82, 2.24) is 9.97 Å². The highest BCUT2D eigenvalue weighted by atomic mass is 35.5. The SMILES string of the molecule is Clc1ccc(CNc2nc(-c3ccncc3)cs2)cc1. The second-order valence-corrected chi connectivity index (χ2v) is 5.55. The van der Waals surface area contributed by atoms with Gasteiger partial charge in [-0.15, -0.1) is 11.3 Å². The van der Waals surface area contributed by atoms with E-state index >= 15 is 0 Å². The first kappa shape index (κ1) is 13.1. The third kappa shape index (κ3) is 3.15. The predicted octanol–water partition coefficient (Wildman–Crippen LogP) is 4.47. The molecule has 0 unspecified atom stereocenters. The third-order valence-corrected chi connectivity index (χ3v) is 3.89. The Bertz CT molecular complexity index is 680. The Labute approximate surface area is 126 Å². The van der Waals surface area contributed by atoms with Crippen LogP contribution in [0.25, 0.3) is 11.3 Å². The van der Waals surface area contributed by atoms with Crippen molar-refractivity contribution in [2.75, 3.05) is 5.32 Å². The summed E-state index contributed by atoms with van der Waals surface area (Å²) in [7, 11) is 0. The number of anilines is 1. The van der Waals surface area contributed by atoms with Crippen molar-refractivity contribution < 1.29 is 0 Å². The van der Waals surface area contributed by atoms with E-state index in [0.717, 1.165) is 28.0 Å². The Morgan fingerprint density at radius 1 is 1.05 bits per heavy atom. The second-order valence-electron chi connectivity index (χ2n) is 4.25. The van der Waals surface area contributed by atoms with Gasteiger partial charge >= 0.3 is 0 Å². The number of hydrogen-bond acceptors (Lipinski definition) is 4. The first-order valence-electron chi connectivity index (χ1n) is 6.15. The van der Waals surface area contributed by atoms with E-state index in [-0.39, 0.29) is 0 Å². The largest absolute Gasteiger partial charge is 0.357 e. The molecule has 20 heavy (non-hydrogen) atoms. The molecule has 0 aliphatic rings. The van der Waals surface area contributed by atoms with Crippen molar-refractivity contribution in [3.05, 3.63) is 64.8 Å². The van der Waals surface area contributed by atoms with Gasteiger partial charge in [-0.25, -0.2) is 4.98 Å². The summed E-state index contributed by atoms with van der Waals surface area (Å²) >= 11 is 7.46. The van der Waals surface area contributed by atoms with Crippen molar-refractivity contribution in [3.63, 3.8) is 0 Å². The van der Waals surface area contributed by atoms with Crippen LogP contribution in [0.3, 0.4) is 0 Å². The van der Waals surface area contributed by atoms with Crippen LogP contribution in [0, 0.1) is 0 Å². The maximum absolute atomic E-state index is 5.86. The van der Waals surface area contributed by atoms with Crippen molar-refractivity contribution in [1.29, 1.82) is 0 Å². The minimum absolute atomic E-state index is 0.737. The Morgan fingerprint density at radius 2 is 1.80 bits per heavy atom. The molecule has 0 radical (unpaired) electrons. The van der Waals surface area contributed by atoms with Crippen molar-refractivity contribution in [2.24, 2.45) is 0 Å². The second kappa shape index (κ2) is 6.03. The lowest BCUT2D eigenvalue weighted by atomic mass is 10.2. The lowest BCUT2D eigenvalue weighted by molar-refractivity contribution is 1.13. The molecule has 0 fully saturated rings. The number of rotatable bonds is 4. The van der Waals surface area contributed by atoms with E-state index in [1.54, 1.807) is 23.7 Å². The summed E-state index contributed by atoms with van der Waals surface area (Å²) < 4.78 is 0. The summed E-state index contributed by atoms with van der Waals surface area (Å²) in [6.07, 6.45) is 3.55. The van der Waals surface area contributed by atoms with Gasteiger partial charge in [-0.05, 0) is 29.8 Å². The Kier molecular flexibility index (Phi) is 3.95. The van der Waals surface area contributed by atoms with Gasteiger partial charge in [-0.3, -0.25) is 4.98 Å². The average Bonchev–Trinajstić information content (AvgIpc) is 2.97. The summed E-state index contributed by atoms with van der Waals surface area (Å²) in [5, 5.41) is 7.02. The molecule has 0 atom stereocenters. The fourth-order valence-corrected chi connectivity index (χ4v) is 2.63. The van der Waals surface area contributed by atoms with Crippen LogP contribution in [-0.4, -0.2) is 9.97 Å². The van der Waals surface area contributed by atoms with E-state index in [0.29, 0.717) is 0 Å². The zero-order chi connectivity index (χ0) is 13.8. The molecule has 0 amide bonds. The van der Waals surface area contributed by atoms with Gasteiger partial charge in [0.2, 0.25) is 0 Å². The molecular formula is C15H12ClN3S. The standard InChI is InChI=1S/C15H12ClN3S/c16-13-3-1-11(2-4-13)9-18-15-19-14(10-20-15)12-5-7-17-8-6-12/h1-8,10H,9H2,(H,18,19). The van der Waals surface area contributed by atoms with Gasteiger partial charge in [0.25, 0.3) is 0 Å². The minimum atomic E-state index is 0.737. The summed E-state index contributed by atoms with van der Waals surface area (Å²) in [6, 6.07) is 11.7. The Hall–Kier alpha value is -1.91. The van der Waals surface area contributed by atoms with Crippen LogP contribution in [0.2, 0.25) is 5.02 Å². The predicted molar refractivity (Wildman–Crippen MR) is 84.1 cm³/mol. The number of nitrogens with zero attached hydrogens (tertiary/aromatic N) is 2. The van der Waals surface area contributed by atoms with Crippen LogP contribution in [0.1, 0.15) is 5.56 Å². The molecular weight excluding hydrogens is 290 g/mol. The molecule has 1 aromatic carbocycles. The highest BCUT2D eigenvalue weighted by Gasteiger charge is 2.04. The average molecular weight is 302 g/mol. The molecule has 100 valence electrons. The molecule has 0 aliphatic carbocycles. The van der Waals surface area contributed by atoms with E-state index in [1.165, 1.54) is 5.56 Å². The summed E-state index contributed by atoms with van der Waals surface area (Å²) in [4.78, 5) is 8.58. The molecule has 0 spiro atoms. The monoisotopic (exact) mass is 301 g/mol. The number of nitrogens with one attached hydrogen (secondary N) is 1. The number of pyridine rings is 1. The smallest absolute Gasteiger partial charge is 0.183 e. The number of aromatic nitrogens is 2. The summed E-state index contributed by atoms with van der Waals surface area (Å²) in [6.45, 7) is 0.737. The highest BCUT2D eigenvalue weighted by Crippen LogP contribution is 2.24. The van der Waals surface area contributed by atoms with Crippen molar-refractivity contribution in [3.8, 4) is 11.3 Å². The maximum atomic E-state index is 5.86. The zero-order valence-electron chi connectivity index (χ0n) is 10.6. The van der Waals surface area contributed by atoms with Crippen LogP contribution in [0.15, 0.2) is 54.2 Å². The van der Waals surface area contributed by atoms with Gasteiger partial charge in [0, 0.05) is 34.9 Å². The quantitative estimate of drug-likeness (QED) is 0.772. The molecule has 0 saturated carbocycles. The van der Waals surface area contributed by atoms with Crippen LogP contribution in [0.5, 0.6) is 0 Å². The fraction of sp³-hybridized carbons (Fsp3) is 0.0667. The van der Waals surface area contributed by atoms with Gasteiger partial charge < -0.3 is 5.32 Å². The van der Waals surface area contributed by atoms with E-state index in [9.17, 15) is 0 Å². The zero-order valence-corrected chi connectivity index (χ0v) is 12.2. The third-order valence-electron chi connectivity index (χ3n) is 2.84. The van der Waals surface area contributed by atoms with E-state index in [4.69, 9.17) is 11.6 Å². The minimum Gasteiger partial charge on any atom is -0.357 e. The van der Waals surface area contributed by atoms with E-state index < -0.39 is 0 Å². The van der Waals surface area contributed by atoms with Crippen LogP contribution in [-0.2, 0) is 6.54 Å². The Balaban J connectivity index is 1.67. The summed E-state index contributed by atoms with van der Waals surface area (Å²) in [5.74, 6) is 0. The summed E-state index contributed by atoms with van der Waals surface area (Å²) in [5.41, 5.74) is 3.22. The number of benzene rings is 1. The van der Waals surface area contributed by atoms with Gasteiger partial charge in [0.15, 0.2) is 5.13 Å². The van der Waals surface area contributed by atoms with Gasteiger partial charge in [-0.1, -0.05) is 23.7 Å². The van der Waals surface area contributed by atoms with Gasteiger partial charge in [-0.2, -0.15) is 0 Å². The first-order chi connectivity index (χ1) is 9.81. The van der Waals surface area contributed by atoms with Crippen molar-refractivity contribution in [2.45, 2.75) is 6.54 Å². The number of halogens is 1. The molecule has 3 aromatic rings. The highest BCUT2D eigenvalue weighted by molar-refractivity contribution is 7.14. The molecule has 0 bridgehead atoms. The van der Waals surface area contributed by atoms with Gasteiger partial charge in [0.05, 0.1) is 5.69 Å². The maximum Gasteiger partial charge on any atom is 0.183 e. The molecule has 2 heterocycles. The Morgan fingerprint density at radius 3 is 2.55 bits per heavy atom. The first-order valence-corrected chi connectivity index (χ1v) is 7.41. The number of hydrogen-bond donors (Lipinski definition) is 1. The topological polar surface area (TPSA) is 37.8 Å². The molecule has 3 rings (SSSR count). The fourth-order valence-electron chi connectivity index (χ4n) is 1.79. The molecule has 0 aliphatic heterocycles. The lowest BCUT2D eigenvalue weighted by Gasteiger charge is -2.02. The molecule has 5 heteroatoms. The lowest BCUT2D eigenvalue weighted by Crippen LogP contribution is -1.98. The van der Waals surface area contributed by atoms with Crippen LogP contribution < -0.4 is 5.32 Å². The normalized spacial score (nSPS) is 10.4. The van der Waals surface area contributed by atoms with Crippen LogP contribution in [0.4, 0.5) is 5.13 Å².